The van der Waals surface area contributed by atoms with Crippen LogP contribution in [0.5, 0.6) is 0 Å². The molecule has 4 nitrogen and oxygen atoms in total. The third-order valence-corrected chi connectivity index (χ3v) is 9.56. The second-order valence-electron chi connectivity index (χ2n) is 11.8. The van der Waals surface area contributed by atoms with Crippen molar-refractivity contribution in [3.63, 3.8) is 0 Å². The largest absolute Gasteiger partial charge is 0.416 e. The Morgan fingerprint density at radius 1 is 0.800 bits per heavy atom. The quantitative estimate of drug-likeness (QED) is 0.254. The highest BCUT2D eigenvalue weighted by Crippen LogP contribution is 2.38. The molecule has 0 N–H and O–H groups in total. The first-order chi connectivity index (χ1) is 21.1. The second kappa shape index (κ2) is 13.0. The zero-order valence-electron chi connectivity index (χ0n) is 24.8. The van der Waals surface area contributed by atoms with Crippen LogP contribution in [0.3, 0.4) is 0 Å². The van der Waals surface area contributed by atoms with E-state index in [4.69, 9.17) is 23.2 Å². The van der Waals surface area contributed by atoms with Gasteiger partial charge in [-0.3, -0.25) is 9.69 Å². The molecule has 3 aromatic carbocycles. The van der Waals surface area contributed by atoms with Crippen LogP contribution in [0.15, 0.2) is 54.6 Å². The molecule has 3 aromatic rings. The van der Waals surface area contributed by atoms with Crippen molar-refractivity contribution >= 4 is 34.8 Å². The van der Waals surface area contributed by atoms with E-state index in [1.165, 1.54) is 21.7 Å². The van der Waals surface area contributed by atoms with Gasteiger partial charge in [0.05, 0.1) is 21.2 Å². The molecule has 2 atom stereocenters. The van der Waals surface area contributed by atoms with Crippen LogP contribution in [0, 0.1) is 13.8 Å². The molecule has 242 valence electrons. The minimum Gasteiger partial charge on any atom is -0.369 e. The number of aryl methyl sites for hydroxylation is 2. The molecular formula is C33H33Cl2F6N3O. The fourth-order valence-corrected chi connectivity index (χ4v) is 6.94. The van der Waals surface area contributed by atoms with Crippen LogP contribution in [0.25, 0.3) is 0 Å². The lowest BCUT2D eigenvalue weighted by Gasteiger charge is -2.47. The highest BCUT2D eigenvalue weighted by Gasteiger charge is 2.40. The van der Waals surface area contributed by atoms with Gasteiger partial charge < -0.3 is 9.80 Å². The number of benzene rings is 3. The van der Waals surface area contributed by atoms with Crippen molar-refractivity contribution in [1.29, 1.82) is 0 Å². The number of rotatable bonds is 5. The molecule has 0 saturated carbocycles. The van der Waals surface area contributed by atoms with Crippen molar-refractivity contribution in [3.05, 3.63) is 98.0 Å². The summed E-state index contributed by atoms with van der Waals surface area (Å²) in [5.41, 5.74) is 0.733. The summed E-state index contributed by atoms with van der Waals surface area (Å²) in [6, 6.07) is 11.9. The maximum atomic E-state index is 13.8. The maximum Gasteiger partial charge on any atom is 0.416 e. The molecule has 0 radical (unpaired) electrons. The number of alkyl halides is 6. The number of carbonyl (C=O) groups is 1. The predicted molar refractivity (Wildman–Crippen MR) is 164 cm³/mol. The number of halogens is 8. The molecule has 2 heterocycles. The van der Waals surface area contributed by atoms with E-state index in [9.17, 15) is 31.1 Å². The third kappa shape index (κ3) is 7.55. The Kier molecular flexibility index (Phi) is 9.69. The Labute approximate surface area is 268 Å². The standard InChI is InChI=1S/C33H33Cl2F6N3O/c1-20-4-3-5-21(2)30(20)43-12-10-42(11-13-43)26-8-9-44(27(19-26)14-22-6-7-28(34)29(35)15-22)31(45)23-16-24(32(36,37)38)18-25(17-23)33(39,40)41/h3-7,15-18,26-27H,8-14,19H2,1-2H3. The van der Waals surface area contributed by atoms with Crippen molar-refractivity contribution in [2.75, 3.05) is 37.6 Å². The van der Waals surface area contributed by atoms with Gasteiger partial charge in [0.15, 0.2) is 0 Å². The molecular weight excluding hydrogens is 639 g/mol. The van der Waals surface area contributed by atoms with Crippen LogP contribution in [-0.4, -0.2) is 60.5 Å². The number of piperidine rings is 1. The summed E-state index contributed by atoms with van der Waals surface area (Å²) in [7, 11) is 0. The summed E-state index contributed by atoms with van der Waals surface area (Å²) in [4.78, 5) is 19.9. The van der Waals surface area contributed by atoms with Gasteiger partial charge in [-0.05, 0) is 80.1 Å². The summed E-state index contributed by atoms with van der Waals surface area (Å²) in [5.74, 6) is -0.866. The Morgan fingerprint density at radius 3 is 1.96 bits per heavy atom. The zero-order chi connectivity index (χ0) is 32.7. The highest BCUT2D eigenvalue weighted by molar-refractivity contribution is 6.42. The second-order valence-corrected chi connectivity index (χ2v) is 12.7. The number of piperazine rings is 1. The van der Waals surface area contributed by atoms with Crippen molar-refractivity contribution in [1.82, 2.24) is 9.80 Å². The van der Waals surface area contributed by atoms with E-state index < -0.39 is 41.0 Å². The number of carbonyl (C=O) groups excluding carboxylic acids is 1. The van der Waals surface area contributed by atoms with Gasteiger partial charge in [0.1, 0.15) is 0 Å². The monoisotopic (exact) mass is 671 g/mol. The fraction of sp³-hybridized carbons (Fsp3) is 0.424. The lowest BCUT2D eigenvalue weighted by Crippen LogP contribution is -2.57. The molecule has 12 heteroatoms. The van der Waals surface area contributed by atoms with Gasteiger partial charge >= 0.3 is 12.4 Å². The Morgan fingerprint density at radius 2 is 1.40 bits per heavy atom. The zero-order valence-corrected chi connectivity index (χ0v) is 26.3. The molecule has 2 unspecified atom stereocenters. The van der Waals surface area contributed by atoms with Gasteiger partial charge in [-0.15, -0.1) is 0 Å². The molecule has 2 saturated heterocycles. The Bertz CT molecular complexity index is 1500. The van der Waals surface area contributed by atoms with Gasteiger partial charge in [-0.2, -0.15) is 26.3 Å². The molecule has 5 rings (SSSR count). The van der Waals surface area contributed by atoms with E-state index in [1.54, 1.807) is 18.2 Å². The third-order valence-electron chi connectivity index (χ3n) is 8.83. The van der Waals surface area contributed by atoms with Crippen molar-refractivity contribution in [2.24, 2.45) is 0 Å². The van der Waals surface area contributed by atoms with Crippen molar-refractivity contribution in [2.45, 2.75) is 57.5 Å². The first-order valence-electron chi connectivity index (χ1n) is 14.7. The van der Waals surface area contributed by atoms with E-state index in [2.05, 4.69) is 35.8 Å². The Hall–Kier alpha value is -2.95. The van der Waals surface area contributed by atoms with Crippen molar-refractivity contribution < 1.29 is 31.1 Å². The minimum absolute atomic E-state index is 0.0360. The van der Waals surface area contributed by atoms with Gasteiger partial charge in [-0.1, -0.05) is 47.5 Å². The summed E-state index contributed by atoms with van der Waals surface area (Å²) in [6.07, 6.45) is -8.76. The lowest BCUT2D eigenvalue weighted by atomic mass is 9.90. The maximum absolute atomic E-state index is 13.8. The first kappa shape index (κ1) is 33.4. The van der Waals surface area contributed by atoms with Crippen LogP contribution in [0.2, 0.25) is 10.0 Å². The molecule has 0 bridgehead atoms. The van der Waals surface area contributed by atoms with E-state index in [0.717, 1.165) is 31.7 Å². The van der Waals surface area contributed by atoms with Crippen LogP contribution in [-0.2, 0) is 18.8 Å². The predicted octanol–water partition coefficient (Wildman–Crippen LogP) is 8.69. The number of amides is 1. The molecule has 0 spiro atoms. The molecule has 1 amide bonds. The fourth-order valence-electron chi connectivity index (χ4n) is 6.62. The molecule has 45 heavy (non-hydrogen) atoms. The van der Waals surface area contributed by atoms with Crippen LogP contribution in [0.4, 0.5) is 32.0 Å². The lowest BCUT2D eigenvalue weighted by molar-refractivity contribution is -0.143. The summed E-state index contributed by atoms with van der Waals surface area (Å²) in [6.45, 7) is 7.57. The normalized spacial score (nSPS) is 20.0. The smallest absolute Gasteiger partial charge is 0.369 e. The first-order valence-corrected chi connectivity index (χ1v) is 15.5. The van der Waals surface area contributed by atoms with E-state index >= 15 is 0 Å². The van der Waals surface area contributed by atoms with Gasteiger partial charge in [0.25, 0.3) is 5.91 Å². The van der Waals surface area contributed by atoms with Gasteiger partial charge in [-0.25, -0.2) is 0 Å². The SMILES string of the molecule is Cc1cccc(C)c1N1CCN(C2CCN(C(=O)c3cc(C(F)(F)F)cc(C(F)(F)F)c3)C(Cc3ccc(Cl)c(Cl)c3)C2)CC1. The summed E-state index contributed by atoms with van der Waals surface area (Å²) < 4.78 is 81.5. The average molecular weight is 673 g/mol. The van der Waals surface area contributed by atoms with E-state index in [0.29, 0.717) is 41.4 Å². The van der Waals surface area contributed by atoms with Crippen LogP contribution >= 0.6 is 23.2 Å². The van der Waals surface area contributed by atoms with Crippen molar-refractivity contribution in [3.8, 4) is 0 Å². The average Bonchev–Trinajstić information content (AvgIpc) is 2.98. The number of anilines is 1. The molecule has 2 fully saturated rings. The summed E-state index contributed by atoms with van der Waals surface area (Å²) in [5, 5.41) is 0.662. The van der Waals surface area contributed by atoms with E-state index in [-0.39, 0.29) is 18.7 Å². The number of hydrogen-bond donors (Lipinski definition) is 0. The van der Waals surface area contributed by atoms with Gasteiger partial charge in [0.2, 0.25) is 0 Å². The minimum atomic E-state index is -5.05. The topological polar surface area (TPSA) is 26.8 Å². The molecule has 0 aromatic heterocycles. The number of hydrogen-bond acceptors (Lipinski definition) is 3. The van der Waals surface area contributed by atoms with Crippen LogP contribution in [0.1, 0.15) is 51.0 Å². The molecule has 2 aliphatic heterocycles. The molecule has 0 aliphatic carbocycles. The van der Waals surface area contributed by atoms with Gasteiger partial charge in [0, 0.05) is 56.1 Å². The van der Waals surface area contributed by atoms with E-state index in [1.807, 2.05) is 6.07 Å². The Balaban J connectivity index is 1.40. The number of nitrogens with zero attached hydrogens (tertiary/aromatic N) is 3. The van der Waals surface area contributed by atoms with Crippen LogP contribution < -0.4 is 4.90 Å². The molecule has 2 aliphatic rings. The summed E-state index contributed by atoms with van der Waals surface area (Å²) >= 11 is 12.3. The number of likely N-dealkylation sites (tertiary alicyclic amines) is 1. The highest BCUT2D eigenvalue weighted by atomic mass is 35.5. The number of para-hydroxylation sites is 1.